The number of rotatable bonds is 5. The number of aromatic amines is 1. The second-order valence-electron chi connectivity index (χ2n) is 7.14. The maximum atomic E-state index is 12.9. The van der Waals surface area contributed by atoms with Crippen LogP contribution in [0.25, 0.3) is 16.6 Å². The lowest BCUT2D eigenvalue weighted by molar-refractivity contribution is 0.102. The number of nitrogens with two attached hydrogens (primary N) is 1. The molecule has 0 aliphatic heterocycles. The van der Waals surface area contributed by atoms with E-state index in [1.165, 1.54) is 4.57 Å². The smallest absolute Gasteiger partial charge is 0.330 e. The molecule has 0 radical (unpaired) electrons. The Labute approximate surface area is 173 Å². The Bertz CT molecular complexity index is 1450. The van der Waals surface area contributed by atoms with Gasteiger partial charge >= 0.3 is 5.69 Å². The van der Waals surface area contributed by atoms with Gasteiger partial charge in [0.2, 0.25) is 0 Å². The molecule has 1 aromatic carbocycles. The van der Waals surface area contributed by atoms with Crippen molar-refractivity contribution in [2.24, 2.45) is 0 Å². The van der Waals surface area contributed by atoms with Gasteiger partial charge in [-0.1, -0.05) is 23.9 Å². The highest BCUT2D eigenvalue weighted by Crippen LogP contribution is 2.35. The van der Waals surface area contributed by atoms with Crippen molar-refractivity contribution < 1.29 is 4.79 Å². The zero-order valence-corrected chi connectivity index (χ0v) is 16.8. The number of fused-ring (bicyclic) bond motifs is 3. The number of Topliss-reactive ketones (excluding diaryl/α,β-unsaturated/α-hetero) is 1. The second kappa shape index (κ2) is 6.80. The van der Waals surface area contributed by atoms with Crippen LogP contribution in [0.4, 0.5) is 5.82 Å². The number of hydrogen-bond acceptors (Lipinski definition) is 8. The number of ketones is 1. The number of carbonyl (C=O) groups is 1. The molecule has 3 N–H and O–H groups in total. The summed E-state index contributed by atoms with van der Waals surface area (Å²) >= 11 is 1.14. The van der Waals surface area contributed by atoms with Gasteiger partial charge in [0.25, 0.3) is 5.56 Å². The van der Waals surface area contributed by atoms with Crippen LogP contribution in [0.5, 0.6) is 0 Å². The van der Waals surface area contributed by atoms with Gasteiger partial charge in [0, 0.05) is 11.4 Å². The molecule has 30 heavy (non-hydrogen) atoms. The Hall–Kier alpha value is -3.47. The minimum absolute atomic E-state index is 0.0616. The second-order valence-corrected chi connectivity index (χ2v) is 8.08. The molecule has 4 aromatic rings. The molecule has 0 spiro atoms. The monoisotopic (exact) mass is 423 g/mol. The number of aromatic nitrogens is 6. The van der Waals surface area contributed by atoms with Crippen LogP contribution >= 0.6 is 11.8 Å². The first-order valence-corrected chi connectivity index (χ1v) is 10.3. The Morgan fingerprint density at radius 3 is 2.80 bits per heavy atom. The van der Waals surface area contributed by atoms with Gasteiger partial charge in [0.1, 0.15) is 17.2 Å². The first-order chi connectivity index (χ1) is 14.4. The van der Waals surface area contributed by atoms with Crippen molar-refractivity contribution in [2.75, 3.05) is 11.5 Å². The molecule has 0 saturated heterocycles. The molecule has 1 aliphatic rings. The first-order valence-electron chi connectivity index (χ1n) is 9.36. The molecule has 1 aliphatic carbocycles. The number of benzene rings is 1. The van der Waals surface area contributed by atoms with Crippen molar-refractivity contribution in [2.45, 2.75) is 31.0 Å². The minimum atomic E-state index is -0.770. The Morgan fingerprint density at radius 1 is 1.27 bits per heavy atom. The molecule has 152 valence electrons. The predicted molar refractivity (Wildman–Crippen MR) is 112 cm³/mol. The molecule has 5 rings (SSSR count). The highest BCUT2D eigenvalue weighted by molar-refractivity contribution is 7.99. The number of hydrogen-bond donors (Lipinski definition) is 2. The van der Waals surface area contributed by atoms with Crippen LogP contribution < -0.4 is 17.0 Å². The van der Waals surface area contributed by atoms with Gasteiger partial charge in [-0.15, -0.1) is 5.10 Å². The third-order valence-corrected chi connectivity index (χ3v) is 5.89. The third kappa shape index (κ3) is 2.98. The molecule has 1 fully saturated rings. The summed E-state index contributed by atoms with van der Waals surface area (Å²) in [5.41, 5.74) is 5.86. The van der Waals surface area contributed by atoms with E-state index >= 15 is 0 Å². The summed E-state index contributed by atoms with van der Waals surface area (Å²) in [5, 5.41) is 5.71. The minimum Gasteiger partial charge on any atom is -0.384 e. The Morgan fingerprint density at radius 2 is 2.03 bits per heavy atom. The van der Waals surface area contributed by atoms with Gasteiger partial charge in [0.15, 0.2) is 16.6 Å². The lowest BCUT2D eigenvalue weighted by atomic mass is 10.2. The molecule has 0 amide bonds. The summed E-state index contributed by atoms with van der Waals surface area (Å²) in [6.07, 6.45) is 1.59. The van der Waals surface area contributed by atoms with E-state index in [1.54, 1.807) is 11.4 Å². The number of nitrogens with one attached hydrogen (secondary N) is 1. The molecule has 0 unspecified atom stereocenters. The summed E-state index contributed by atoms with van der Waals surface area (Å²) in [7, 11) is 0. The van der Waals surface area contributed by atoms with E-state index in [4.69, 9.17) is 5.73 Å². The third-order valence-electron chi connectivity index (χ3n) is 4.96. The first kappa shape index (κ1) is 18.6. The molecule has 1 saturated carbocycles. The number of H-pyrrole nitrogens is 1. The quantitative estimate of drug-likeness (QED) is 0.278. The molecule has 3 aromatic heterocycles. The van der Waals surface area contributed by atoms with E-state index in [-0.39, 0.29) is 23.2 Å². The molecule has 3 heterocycles. The van der Waals surface area contributed by atoms with Gasteiger partial charge < -0.3 is 5.73 Å². The van der Waals surface area contributed by atoms with Crippen LogP contribution in [-0.4, -0.2) is 40.7 Å². The largest absolute Gasteiger partial charge is 0.384 e. The SMILES string of the molecule is Cc1nc2c3ccccc3nc(SCC(=O)c3c(N)n(C4CC4)c(=O)[nH]c3=O)n2n1. The van der Waals surface area contributed by atoms with Crippen LogP contribution in [0.2, 0.25) is 0 Å². The summed E-state index contributed by atoms with van der Waals surface area (Å²) < 4.78 is 2.89. The van der Waals surface area contributed by atoms with Crippen LogP contribution in [-0.2, 0) is 0 Å². The highest BCUT2D eigenvalue weighted by atomic mass is 32.2. The number of para-hydroxylation sites is 1. The Kier molecular flexibility index (Phi) is 4.21. The van der Waals surface area contributed by atoms with Crippen molar-refractivity contribution >= 4 is 39.9 Å². The Balaban J connectivity index is 1.52. The average molecular weight is 423 g/mol. The van der Waals surface area contributed by atoms with Crippen LogP contribution in [0.15, 0.2) is 39.0 Å². The fourth-order valence-electron chi connectivity index (χ4n) is 3.46. The number of nitrogen functional groups attached to an aromatic ring is 1. The molecular weight excluding hydrogens is 406 g/mol. The normalized spacial score (nSPS) is 13.9. The molecular formula is C19H17N7O3S. The van der Waals surface area contributed by atoms with E-state index in [0.717, 1.165) is 35.5 Å². The summed E-state index contributed by atoms with van der Waals surface area (Å²) in [6.45, 7) is 1.78. The standard InChI is InChI=1S/C19H17N7O3S/c1-9-21-16-11-4-2-3-5-12(11)22-19(26(16)24-9)30-8-13(27)14-15(20)25(10-6-7-10)18(29)23-17(14)28/h2-5,10H,6-8,20H2,1H3,(H,23,28,29). The van der Waals surface area contributed by atoms with Crippen LogP contribution in [0.3, 0.4) is 0 Å². The van der Waals surface area contributed by atoms with Crippen molar-refractivity contribution in [3.63, 3.8) is 0 Å². The van der Waals surface area contributed by atoms with Gasteiger partial charge in [-0.2, -0.15) is 4.52 Å². The molecule has 0 bridgehead atoms. The van der Waals surface area contributed by atoms with E-state index in [0.29, 0.717) is 16.6 Å². The van der Waals surface area contributed by atoms with Gasteiger partial charge in [-0.05, 0) is 31.9 Å². The fourth-order valence-corrected chi connectivity index (χ4v) is 4.28. The van der Waals surface area contributed by atoms with E-state index in [1.807, 2.05) is 24.3 Å². The lowest BCUT2D eigenvalue weighted by Gasteiger charge is -2.11. The number of aryl methyl sites for hydroxylation is 1. The van der Waals surface area contributed by atoms with E-state index in [2.05, 4.69) is 20.1 Å². The zero-order valence-electron chi connectivity index (χ0n) is 16.0. The zero-order chi connectivity index (χ0) is 21.0. The van der Waals surface area contributed by atoms with Crippen molar-refractivity contribution in [3.05, 3.63) is 56.5 Å². The number of thioether (sulfide) groups is 1. The maximum absolute atomic E-state index is 12.9. The summed E-state index contributed by atoms with van der Waals surface area (Å²) in [4.78, 5) is 48.5. The number of nitrogens with zero attached hydrogens (tertiary/aromatic N) is 5. The van der Waals surface area contributed by atoms with Crippen molar-refractivity contribution in [1.82, 2.24) is 29.1 Å². The van der Waals surface area contributed by atoms with E-state index in [9.17, 15) is 14.4 Å². The average Bonchev–Trinajstić information content (AvgIpc) is 3.45. The van der Waals surface area contributed by atoms with Crippen LogP contribution in [0.1, 0.15) is 35.1 Å². The van der Waals surface area contributed by atoms with E-state index < -0.39 is 17.0 Å². The lowest BCUT2D eigenvalue weighted by Crippen LogP contribution is -2.36. The summed E-state index contributed by atoms with van der Waals surface area (Å²) in [5.74, 6) is -0.0631. The maximum Gasteiger partial charge on any atom is 0.330 e. The van der Waals surface area contributed by atoms with Gasteiger partial charge in [0.05, 0.1) is 11.3 Å². The van der Waals surface area contributed by atoms with Gasteiger partial charge in [-0.3, -0.25) is 19.1 Å². The molecule has 10 nitrogen and oxygen atoms in total. The van der Waals surface area contributed by atoms with Crippen molar-refractivity contribution in [1.29, 1.82) is 0 Å². The molecule has 0 atom stereocenters. The van der Waals surface area contributed by atoms with Crippen molar-refractivity contribution in [3.8, 4) is 0 Å². The predicted octanol–water partition coefficient (Wildman–Crippen LogP) is 1.33. The molecule has 11 heteroatoms. The highest BCUT2D eigenvalue weighted by Gasteiger charge is 2.30. The fraction of sp³-hybridized carbons (Fsp3) is 0.263. The van der Waals surface area contributed by atoms with Gasteiger partial charge in [-0.25, -0.2) is 14.8 Å². The van der Waals surface area contributed by atoms with Crippen LogP contribution in [0, 0.1) is 6.92 Å². The summed E-state index contributed by atoms with van der Waals surface area (Å²) in [6, 6.07) is 7.48. The topological polar surface area (TPSA) is 141 Å². The number of carbonyl (C=O) groups excluding carboxylic acids is 1. The number of anilines is 1.